The summed E-state index contributed by atoms with van der Waals surface area (Å²) in [6.07, 6.45) is 0. The van der Waals surface area contributed by atoms with Crippen molar-refractivity contribution >= 4 is 43.3 Å². The highest BCUT2D eigenvalue weighted by Crippen LogP contribution is 2.33. The number of rotatable bonds is 2. The van der Waals surface area contributed by atoms with Gasteiger partial charge in [-0.2, -0.15) is 0 Å². The average molecular weight is 323 g/mol. The third-order valence-corrected chi connectivity index (χ3v) is 3.60. The third-order valence-electron chi connectivity index (χ3n) is 1.61. The second kappa shape index (κ2) is 4.18. The molecule has 0 fully saturated rings. The van der Waals surface area contributed by atoms with Gasteiger partial charge in [0.15, 0.2) is 5.78 Å². The Labute approximate surface area is 96.7 Å². The van der Waals surface area contributed by atoms with Crippen LogP contribution in [0.1, 0.15) is 17.3 Å². The molecule has 0 saturated heterocycles. The van der Waals surface area contributed by atoms with Crippen molar-refractivity contribution in [2.75, 3.05) is 0 Å². The van der Waals surface area contributed by atoms with Gasteiger partial charge in [-0.1, -0.05) is 0 Å². The van der Waals surface area contributed by atoms with Gasteiger partial charge in [-0.25, -0.2) is 0 Å². The number of nitrogens with zero attached hydrogens (tertiary/aromatic N) is 1. The van der Waals surface area contributed by atoms with Crippen LogP contribution in [0.3, 0.4) is 0 Å². The van der Waals surface area contributed by atoms with Gasteiger partial charge in [0.2, 0.25) is 0 Å². The molecule has 0 unspecified atom stereocenters. The molecule has 0 spiro atoms. The van der Waals surface area contributed by atoms with Gasteiger partial charge in [0.1, 0.15) is 4.47 Å². The molecular weight excluding hydrogens is 318 g/mol. The Morgan fingerprint density at radius 2 is 2.00 bits per heavy atom. The molecule has 0 radical (unpaired) electrons. The van der Waals surface area contributed by atoms with Crippen LogP contribution in [0.15, 0.2) is 21.1 Å². The van der Waals surface area contributed by atoms with E-state index in [2.05, 4.69) is 31.9 Å². The first kappa shape index (κ1) is 11.3. The van der Waals surface area contributed by atoms with E-state index in [4.69, 9.17) is 0 Å². The molecule has 0 aliphatic carbocycles. The second-order valence-electron chi connectivity index (χ2n) is 2.60. The lowest BCUT2D eigenvalue weighted by molar-refractivity contribution is -0.385. The molecule has 0 bridgehead atoms. The number of halogens is 2. The number of Topliss-reactive ketones (excluding diaryl/α,β-unsaturated/α-hetero) is 1. The van der Waals surface area contributed by atoms with Crippen molar-refractivity contribution in [3.8, 4) is 0 Å². The van der Waals surface area contributed by atoms with Gasteiger partial charge in [-0.3, -0.25) is 14.9 Å². The first-order valence-electron chi connectivity index (χ1n) is 3.58. The predicted molar refractivity (Wildman–Crippen MR) is 58.5 cm³/mol. The molecule has 1 aromatic rings. The smallest absolute Gasteiger partial charge is 0.285 e. The van der Waals surface area contributed by atoms with E-state index in [0.29, 0.717) is 14.5 Å². The van der Waals surface area contributed by atoms with Gasteiger partial charge in [-0.15, -0.1) is 0 Å². The summed E-state index contributed by atoms with van der Waals surface area (Å²) >= 11 is 6.19. The van der Waals surface area contributed by atoms with Crippen LogP contribution in [0, 0.1) is 10.1 Å². The number of hydrogen-bond donors (Lipinski definition) is 0. The molecule has 0 atom stereocenters. The third kappa shape index (κ3) is 2.19. The molecule has 0 amide bonds. The molecule has 74 valence electrons. The quantitative estimate of drug-likeness (QED) is 0.476. The molecule has 1 rings (SSSR count). The molecule has 14 heavy (non-hydrogen) atoms. The zero-order valence-electron chi connectivity index (χ0n) is 7.08. The molecule has 0 heterocycles. The normalized spacial score (nSPS) is 9.93. The second-order valence-corrected chi connectivity index (χ2v) is 4.25. The lowest BCUT2D eigenvalue weighted by atomic mass is 10.1. The maximum atomic E-state index is 11.0. The summed E-state index contributed by atoms with van der Waals surface area (Å²) in [5.41, 5.74) is 0.191. The fourth-order valence-corrected chi connectivity index (χ4v) is 1.73. The molecule has 0 N–H and O–H groups in total. The number of carbonyl (C=O) groups is 1. The predicted octanol–water partition coefficient (Wildman–Crippen LogP) is 3.32. The number of ketones is 1. The van der Waals surface area contributed by atoms with Gasteiger partial charge in [0.05, 0.1) is 4.92 Å². The van der Waals surface area contributed by atoms with E-state index >= 15 is 0 Å². The van der Waals surface area contributed by atoms with E-state index in [1.54, 1.807) is 6.07 Å². The van der Waals surface area contributed by atoms with Crippen molar-refractivity contribution in [1.82, 2.24) is 0 Å². The van der Waals surface area contributed by atoms with E-state index < -0.39 is 4.92 Å². The van der Waals surface area contributed by atoms with Crippen molar-refractivity contribution in [2.24, 2.45) is 0 Å². The number of benzene rings is 1. The molecule has 0 aliphatic heterocycles. The van der Waals surface area contributed by atoms with Crippen molar-refractivity contribution in [3.63, 3.8) is 0 Å². The van der Waals surface area contributed by atoms with Gasteiger partial charge < -0.3 is 0 Å². The first-order valence-corrected chi connectivity index (χ1v) is 5.16. The Bertz CT molecular complexity index is 417. The Balaban J connectivity index is 3.43. The highest BCUT2D eigenvalue weighted by Gasteiger charge is 2.17. The number of nitro benzene ring substituents is 1. The molecular formula is C8H5Br2NO3. The van der Waals surface area contributed by atoms with Crippen LogP contribution in [0.25, 0.3) is 0 Å². The van der Waals surface area contributed by atoms with Crippen molar-refractivity contribution in [3.05, 3.63) is 36.8 Å². The van der Waals surface area contributed by atoms with E-state index in [1.807, 2.05) is 0 Å². The van der Waals surface area contributed by atoms with Crippen LogP contribution in [-0.4, -0.2) is 10.7 Å². The zero-order chi connectivity index (χ0) is 10.9. The van der Waals surface area contributed by atoms with Crippen molar-refractivity contribution in [1.29, 1.82) is 0 Å². The molecule has 0 aliphatic rings. The minimum Gasteiger partial charge on any atom is -0.295 e. The molecule has 0 aromatic heterocycles. The summed E-state index contributed by atoms with van der Waals surface area (Å²) in [6, 6.07) is 2.79. The summed E-state index contributed by atoms with van der Waals surface area (Å²) in [5.74, 6) is -0.207. The van der Waals surface area contributed by atoms with Crippen molar-refractivity contribution < 1.29 is 9.72 Å². The summed E-state index contributed by atoms with van der Waals surface area (Å²) in [7, 11) is 0. The molecule has 6 heteroatoms. The summed E-state index contributed by atoms with van der Waals surface area (Å²) in [5, 5.41) is 10.6. The van der Waals surface area contributed by atoms with E-state index in [1.165, 1.54) is 13.0 Å². The number of carbonyl (C=O) groups excluding carboxylic acids is 1. The lowest BCUT2D eigenvalue weighted by Crippen LogP contribution is -1.96. The van der Waals surface area contributed by atoms with Crippen LogP contribution >= 0.6 is 31.9 Å². The summed E-state index contributed by atoms with van der Waals surface area (Å²) in [6.45, 7) is 1.36. The minimum absolute atomic E-state index is 0.121. The highest BCUT2D eigenvalue weighted by molar-refractivity contribution is 9.13. The van der Waals surface area contributed by atoms with Gasteiger partial charge >= 0.3 is 0 Å². The fraction of sp³-hybridized carbons (Fsp3) is 0.125. The Morgan fingerprint density at radius 1 is 1.43 bits per heavy atom. The number of nitro groups is 1. The minimum atomic E-state index is -0.540. The molecule has 0 saturated carbocycles. The Hall–Kier alpha value is -0.750. The lowest BCUT2D eigenvalue weighted by Gasteiger charge is -2.01. The maximum absolute atomic E-state index is 11.0. The van der Waals surface area contributed by atoms with Gasteiger partial charge in [-0.05, 0) is 44.8 Å². The van der Waals surface area contributed by atoms with E-state index in [0.717, 1.165) is 0 Å². The van der Waals surface area contributed by atoms with Crippen LogP contribution in [0.4, 0.5) is 5.69 Å². The summed E-state index contributed by atoms with van der Waals surface area (Å²) in [4.78, 5) is 21.1. The standard InChI is InChI=1S/C8H5Br2NO3/c1-4(12)5-2-6(9)8(10)7(3-5)11(13)14/h2-3H,1H3. The van der Waals surface area contributed by atoms with E-state index in [9.17, 15) is 14.9 Å². The van der Waals surface area contributed by atoms with Gasteiger partial charge in [0, 0.05) is 16.1 Å². The summed E-state index contributed by atoms with van der Waals surface area (Å²) < 4.78 is 0.837. The highest BCUT2D eigenvalue weighted by atomic mass is 79.9. The Morgan fingerprint density at radius 3 is 2.43 bits per heavy atom. The molecule has 4 nitrogen and oxygen atoms in total. The number of hydrogen-bond acceptors (Lipinski definition) is 3. The van der Waals surface area contributed by atoms with Crippen molar-refractivity contribution in [2.45, 2.75) is 6.92 Å². The van der Waals surface area contributed by atoms with Crippen LogP contribution < -0.4 is 0 Å². The largest absolute Gasteiger partial charge is 0.295 e. The molecule has 1 aromatic carbocycles. The first-order chi connectivity index (χ1) is 6.43. The fourth-order valence-electron chi connectivity index (χ4n) is 0.911. The average Bonchev–Trinajstić information content (AvgIpc) is 2.08. The topological polar surface area (TPSA) is 60.2 Å². The SMILES string of the molecule is CC(=O)c1cc(Br)c(Br)c([N+](=O)[O-])c1. The zero-order valence-corrected chi connectivity index (χ0v) is 10.3. The van der Waals surface area contributed by atoms with Gasteiger partial charge in [0.25, 0.3) is 5.69 Å². The maximum Gasteiger partial charge on any atom is 0.285 e. The van der Waals surface area contributed by atoms with E-state index in [-0.39, 0.29) is 11.5 Å². The van der Waals surface area contributed by atoms with Crippen LogP contribution in [0.2, 0.25) is 0 Å². The monoisotopic (exact) mass is 321 g/mol. The Kier molecular flexibility index (Phi) is 3.38. The van der Waals surface area contributed by atoms with Crippen LogP contribution in [0.5, 0.6) is 0 Å². The van der Waals surface area contributed by atoms with Crippen LogP contribution in [-0.2, 0) is 0 Å².